The second-order valence-corrected chi connectivity index (χ2v) is 9.86. The highest BCUT2D eigenvalue weighted by atomic mass is 31.1. The number of hydrogen-bond donors (Lipinski definition) is 0. The molecule has 0 saturated carbocycles. The zero-order valence-electron chi connectivity index (χ0n) is 17.1. The summed E-state index contributed by atoms with van der Waals surface area (Å²) < 4.78 is 0. The van der Waals surface area contributed by atoms with Crippen molar-refractivity contribution in [1.29, 1.82) is 0 Å². The first kappa shape index (κ1) is 21.2. The van der Waals surface area contributed by atoms with Crippen LogP contribution in [0.4, 0.5) is 0 Å². The fraction of sp³-hybridized carbons (Fsp3) is 0.520. The molecule has 26 heavy (non-hydrogen) atoms. The van der Waals surface area contributed by atoms with E-state index in [2.05, 4.69) is 69.3 Å². The van der Waals surface area contributed by atoms with Crippen LogP contribution in [0.15, 0.2) is 48.5 Å². The Bertz CT molecular complexity index is 597. The summed E-state index contributed by atoms with van der Waals surface area (Å²) in [6.07, 6.45) is 13.4. The van der Waals surface area contributed by atoms with Gasteiger partial charge in [-0.05, 0) is 56.4 Å². The SMILES string of the molecule is CCCCCCCCP(c1ccc(C)cc1)c1ccc(CCCC)cc1. The third kappa shape index (κ3) is 7.24. The Morgan fingerprint density at radius 2 is 1.15 bits per heavy atom. The maximum atomic E-state index is 2.41. The lowest BCUT2D eigenvalue weighted by Gasteiger charge is -2.19. The predicted octanol–water partition coefficient (Wildman–Crippen LogP) is 7.13. The van der Waals surface area contributed by atoms with Crippen LogP contribution in [-0.2, 0) is 6.42 Å². The van der Waals surface area contributed by atoms with Gasteiger partial charge in [0.05, 0.1) is 0 Å². The van der Waals surface area contributed by atoms with Crippen LogP contribution in [0, 0.1) is 6.92 Å². The van der Waals surface area contributed by atoms with Gasteiger partial charge in [-0.25, -0.2) is 0 Å². The summed E-state index contributed by atoms with van der Waals surface area (Å²) in [6, 6.07) is 18.8. The van der Waals surface area contributed by atoms with Crippen LogP contribution in [0.25, 0.3) is 0 Å². The molecule has 0 heterocycles. The Morgan fingerprint density at radius 1 is 0.615 bits per heavy atom. The molecule has 0 saturated heterocycles. The molecular weight excluding hydrogens is 331 g/mol. The van der Waals surface area contributed by atoms with Gasteiger partial charge in [0, 0.05) is 0 Å². The van der Waals surface area contributed by atoms with E-state index in [0.29, 0.717) is 0 Å². The minimum Gasteiger partial charge on any atom is -0.0654 e. The molecule has 0 aliphatic heterocycles. The first-order valence-electron chi connectivity index (χ1n) is 10.7. The first-order valence-corrected chi connectivity index (χ1v) is 12.2. The molecule has 0 N–H and O–H groups in total. The molecule has 1 unspecified atom stereocenters. The summed E-state index contributed by atoms with van der Waals surface area (Å²) in [4.78, 5) is 0. The third-order valence-electron chi connectivity index (χ3n) is 5.15. The van der Waals surface area contributed by atoms with Crippen molar-refractivity contribution >= 4 is 18.5 Å². The number of aryl methyl sites for hydroxylation is 2. The van der Waals surface area contributed by atoms with Crippen molar-refractivity contribution < 1.29 is 0 Å². The van der Waals surface area contributed by atoms with Crippen molar-refractivity contribution in [3.8, 4) is 0 Å². The highest BCUT2D eigenvalue weighted by Gasteiger charge is 2.13. The van der Waals surface area contributed by atoms with E-state index in [1.54, 1.807) is 10.6 Å². The van der Waals surface area contributed by atoms with E-state index in [0.717, 1.165) is 0 Å². The van der Waals surface area contributed by atoms with E-state index >= 15 is 0 Å². The quantitative estimate of drug-likeness (QED) is 0.276. The molecule has 0 fully saturated rings. The zero-order chi connectivity index (χ0) is 18.6. The fourth-order valence-corrected chi connectivity index (χ4v) is 5.78. The van der Waals surface area contributed by atoms with Gasteiger partial charge in [-0.15, -0.1) is 0 Å². The lowest BCUT2D eigenvalue weighted by atomic mass is 10.1. The fourth-order valence-electron chi connectivity index (χ4n) is 3.41. The van der Waals surface area contributed by atoms with E-state index < -0.39 is 0 Å². The summed E-state index contributed by atoms with van der Waals surface area (Å²) in [5.74, 6) is 0. The second kappa shape index (κ2) is 12.3. The van der Waals surface area contributed by atoms with Crippen molar-refractivity contribution in [2.45, 2.75) is 78.6 Å². The smallest absolute Gasteiger partial charge is 0.0195 e. The Kier molecular flexibility index (Phi) is 10.0. The standard InChI is InChI=1S/C25H37P/c1-4-6-8-9-10-11-21-26(24-17-13-22(3)14-18-24)25-19-15-23(16-20-25)12-7-5-2/h13-20H,4-12,21H2,1-3H3. The molecule has 0 spiro atoms. The molecule has 0 aromatic heterocycles. The molecule has 0 radical (unpaired) electrons. The average molecular weight is 369 g/mol. The highest BCUT2D eigenvalue weighted by Crippen LogP contribution is 2.35. The van der Waals surface area contributed by atoms with Crippen LogP contribution in [-0.4, -0.2) is 6.16 Å². The van der Waals surface area contributed by atoms with Crippen LogP contribution >= 0.6 is 7.92 Å². The maximum absolute atomic E-state index is 2.41. The Labute approximate surface area is 163 Å². The lowest BCUT2D eigenvalue weighted by molar-refractivity contribution is 0.626. The minimum atomic E-state index is -0.213. The van der Waals surface area contributed by atoms with Crippen molar-refractivity contribution in [1.82, 2.24) is 0 Å². The molecular formula is C25H37P. The monoisotopic (exact) mass is 368 g/mol. The van der Waals surface area contributed by atoms with Crippen LogP contribution < -0.4 is 10.6 Å². The van der Waals surface area contributed by atoms with Crippen molar-refractivity contribution in [3.05, 3.63) is 59.7 Å². The Morgan fingerprint density at radius 3 is 1.77 bits per heavy atom. The summed E-state index contributed by atoms with van der Waals surface area (Å²) in [5, 5.41) is 3.10. The summed E-state index contributed by atoms with van der Waals surface area (Å²) in [6.45, 7) is 6.74. The molecule has 0 bridgehead atoms. The largest absolute Gasteiger partial charge is 0.0654 e. The highest BCUT2D eigenvalue weighted by molar-refractivity contribution is 7.73. The second-order valence-electron chi connectivity index (χ2n) is 7.52. The first-order chi connectivity index (χ1) is 12.7. The van der Waals surface area contributed by atoms with Gasteiger partial charge in [0.25, 0.3) is 0 Å². The van der Waals surface area contributed by atoms with Gasteiger partial charge in [-0.1, -0.05) is 106 Å². The number of unbranched alkanes of at least 4 members (excludes halogenated alkanes) is 6. The van der Waals surface area contributed by atoms with Crippen LogP contribution in [0.3, 0.4) is 0 Å². The van der Waals surface area contributed by atoms with Gasteiger partial charge in [0.1, 0.15) is 0 Å². The Hall–Kier alpha value is -1.13. The number of hydrogen-bond acceptors (Lipinski definition) is 0. The molecule has 0 aliphatic carbocycles. The summed E-state index contributed by atoms with van der Waals surface area (Å²) in [5.41, 5.74) is 2.85. The van der Waals surface area contributed by atoms with Crippen LogP contribution in [0.2, 0.25) is 0 Å². The number of rotatable bonds is 12. The van der Waals surface area contributed by atoms with Crippen molar-refractivity contribution in [2.75, 3.05) is 6.16 Å². The van der Waals surface area contributed by atoms with Gasteiger partial charge in [0.15, 0.2) is 0 Å². The van der Waals surface area contributed by atoms with Crippen LogP contribution in [0.1, 0.15) is 76.3 Å². The summed E-state index contributed by atoms with van der Waals surface area (Å²) >= 11 is 0. The molecule has 2 rings (SSSR count). The van der Waals surface area contributed by atoms with E-state index in [9.17, 15) is 0 Å². The van der Waals surface area contributed by atoms with Gasteiger partial charge >= 0.3 is 0 Å². The van der Waals surface area contributed by atoms with Crippen molar-refractivity contribution in [3.63, 3.8) is 0 Å². The van der Waals surface area contributed by atoms with Crippen molar-refractivity contribution in [2.24, 2.45) is 0 Å². The normalized spacial score (nSPS) is 12.3. The van der Waals surface area contributed by atoms with Crippen LogP contribution in [0.5, 0.6) is 0 Å². The van der Waals surface area contributed by atoms with E-state index in [1.165, 1.54) is 75.1 Å². The maximum Gasteiger partial charge on any atom is -0.0195 e. The minimum absolute atomic E-state index is 0.213. The molecule has 0 nitrogen and oxygen atoms in total. The molecule has 142 valence electrons. The predicted molar refractivity (Wildman–Crippen MR) is 121 cm³/mol. The zero-order valence-corrected chi connectivity index (χ0v) is 18.0. The van der Waals surface area contributed by atoms with Gasteiger partial charge in [0.2, 0.25) is 0 Å². The lowest BCUT2D eigenvalue weighted by Crippen LogP contribution is -2.14. The molecule has 1 heteroatoms. The van der Waals surface area contributed by atoms with E-state index in [4.69, 9.17) is 0 Å². The third-order valence-corrected chi connectivity index (χ3v) is 7.75. The average Bonchev–Trinajstić information content (AvgIpc) is 2.67. The molecule has 0 amide bonds. The molecule has 1 atom stereocenters. The van der Waals surface area contributed by atoms with Gasteiger partial charge in [-0.3, -0.25) is 0 Å². The Balaban J connectivity index is 2.03. The topological polar surface area (TPSA) is 0 Å². The van der Waals surface area contributed by atoms with E-state index in [1.807, 2.05) is 0 Å². The van der Waals surface area contributed by atoms with Gasteiger partial charge < -0.3 is 0 Å². The van der Waals surface area contributed by atoms with E-state index in [-0.39, 0.29) is 7.92 Å². The summed E-state index contributed by atoms with van der Waals surface area (Å²) in [7, 11) is -0.213. The molecule has 2 aromatic carbocycles. The van der Waals surface area contributed by atoms with Gasteiger partial charge in [-0.2, -0.15) is 0 Å². The number of benzene rings is 2. The molecule has 0 aliphatic rings. The molecule has 2 aromatic rings.